The summed E-state index contributed by atoms with van der Waals surface area (Å²) in [6.07, 6.45) is 8.60. The Labute approximate surface area is 427 Å². The molecule has 0 bridgehead atoms. The maximum Gasteiger partial charge on any atom is 0.410 e. The summed E-state index contributed by atoms with van der Waals surface area (Å²) in [6, 6.07) is 13.0. The van der Waals surface area contributed by atoms with Gasteiger partial charge in [0.1, 0.15) is 38.4 Å². The van der Waals surface area contributed by atoms with Gasteiger partial charge in [-0.25, -0.2) is 14.8 Å². The molecule has 12 rings (SSSR count). The van der Waals surface area contributed by atoms with Crippen molar-refractivity contribution < 1.29 is 23.7 Å². The summed E-state index contributed by atoms with van der Waals surface area (Å²) in [5.74, 6) is 4.27. The van der Waals surface area contributed by atoms with Gasteiger partial charge in [-0.1, -0.05) is 24.3 Å². The summed E-state index contributed by atoms with van der Waals surface area (Å²) in [6.45, 7) is 14.2. The van der Waals surface area contributed by atoms with Gasteiger partial charge in [0.15, 0.2) is 0 Å². The monoisotopic (exact) mass is 1020 g/mol. The number of fused-ring (bicyclic) bond motifs is 2. The molecule has 382 valence electrons. The molecular formula is C52H66N12O6S2. The number of amides is 1. The molecule has 8 heterocycles. The highest BCUT2D eigenvalue weighted by Crippen LogP contribution is 2.48. The number of likely N-dealkylation sites (tertiary alicyclic amines) is 1. The average molecular weight is 1020 g/mol. The Morgan fingerprint density at radius 3 is 1.92 bits per heavy atom. The lowest BCUT2D eigenvalue weighted by Crippen LogP contribution is -2.47. The van der Waals surface area contributed by atoms with Gasteiger partial charge in [0.05, 0.1) is 54.0 Å². The topological polar surface area (TPSA) is 197 Å². The Hall–Kier alpha value is -5.67. The van der Waals surface area contributed by atoms with E-state index in [4.69, 9.17) is 43.9 Å². The fourth-order valence-corrected chi connectivity index (χ4v) is 12.4. The smallest absolute Gasteiger partial charge is 0.410 e. The number of aromatic amines is 1. The van der Waals surface area contributed by atoms with Crippen LogP contribution in [0.15, 0.2) is 41.2 Å². The summed E-state index contributed by atoms with van der Waals surface area (Å²) >= 11 is 3.29. The first kappa shape index (κ1) is 48.6. The van der Waals surface area contributed by atoms with Gasteiger partial charge in [-0.2, -0.15) is 15.0 Å². The maximum absolute atomic E-state index is 13.4. The predicted octanol–water partition coefficient (Wildman–Crippen LogP) is 8.21. The van der Waals surface area contributed by atoms with Crippen molar-refractivity contribution in [1.82, 2.24) is 40.1 Å². The van der Waals surface area contributed by atoms with Crippen LogP contribution in [0.2, 0.25) is 0 Å². The lowest BCUT2D eigenvalue weighted by Gasteiger charge is -2.35. The van der Waals surface area contributed by atoms with E-state index in [0.717, 1.165) is 78.5 Å². The number of methoxy groups -OCH3 is 1. The van der Waals surface area contributed by atoms with E-state index >= 15 is 0 Å². The number of anilines is 4. The van der Waals surface area contributed by atoms with Gasteiger partial charge in [0.25, 0.3) is 5.56 Å². The molecule has 0 radical (unpaired) electrons. The lowest BCUT2D eigenvalue weighted by atomic mass is 10.1. The molecule has 2 saturated carbocycles. The van der Waals surface area contributed by atoms with Crippen LogP contribution in [0.4, 0.5) is 28.3 Å². The van der Waals surface area contributed by atoms with Gasteiger partial charge in [-0.05, 0) is 114 Å². The first-order chi connectivity index (χ1) is 35.0. The lowest BCUT2D eigenvalue weighted by molar-refractivity contribution is 0.0206. The number of morpholine rings is 2. The minimum absolute atomic E-state index is 0.00596. The fourth-order valence-electron chi connectivity index (χ4n) is 10.0. The van der Waals surface area contributed by atoms with Gasteiger partial charge in [-0.3, -0.25) is 9.78 Å². The standard InChI is InChI=1S/C29H38N6O4S.C23H28N6O2S/c1-29(2,3)39-28(36)35-12-6-7-19(17-35)30-24-22(25(37-4)33-27(32-24)34-13-15-38-16-14-34)26-31-21-9-5-8-20(18-10-11-18)23(21)40-26;30-21-18(22-26-17-5-1-4-16(14-6-7-14)19(17)32-22)20(25-15-3-2-8-24-13-15)27-23(28-21)29-9-11-31-12-10-29/h5,8-9,18-19H,6-7,10-17H2,1-4H3,(H,30,32,33);1,4-5,14-15,24H,2-3,6-13H2,(H2,25,27,28,30)/t19-;15-/m11/s1. The first-order valence-electron chi connectivity index (χ1n) is 25.8. The van der Waals surface area contributed by atoms with Crippen LogP contribution in [0.5, 0.6) is 5.88 Å². The molecule has 4 aromatic heterocycles. The number of carbonyl (C=O) groups is 1. The normalized spacial score (nSPS) is 20.8. The number of ether oxygens (including phenoxy) is 4. The Morgan fingerprint density at radius 1 is 0.722 bits per heavy atom. The zero-order valence-electron chi connectivity index (χ0n) is 41.8. The first-order valence-corrected chi connectivity index (χ1v) is 27.5. The second-order valence-corrected chi connectivity index (χ2v) is 22.6. The molecule has 2 atom stereocenters. The number of benzene rings is 2. The molecule has 6 aliphatic rings. The number of carbonyl (C=O) groups excluding carboxylic acids is 1. The quantitative estimate of drug-likeness (QED) is 0.0968. The van der Waals surface area contributed by atoms with Gasteiger partial charge in [0.2, 0.25) is 17.8 Å². The van der Waals surface area contributed by atoms with Crippen molar-refractivity contribution in [1.29, 1.82) is 0 Å². The van der Waals surface area contributed by atoms with E-state index in [0.29, 0.717) is 99.4 Å². The molecule has 6 aromatic rings. The second-order valence-electron chi connectivity index (χ2n) is 20.6. The van der Waals surface area contributed by atoms with Crippen LogP contribution in [-0.4, -0.2) is 144 Å². The third kappa shape index (κ3) is 11.0. The van der Waals surface area contributed by atoms with Crippen LogP contribution in [0.25, 0.3) is 41.6 Å². The van der Waals surface area contributed by atoms with Gasteiger partial charge >= 0.3 is 6.09 Å². The van der Waals surface area contributed by atoms with Crippen LogP contribution in [0.1, 0.15) is 95.1 Å². The Morgan fingerprint density at radius 2 is 1.32 bits per heavy atom. The Balaban J connectivity index is 0.000000159. The van der Waals surface area contributed by atoms with E-state index in [1.165, 1.54) is 46.2 Å². The summed E-state index contributed by atoms with van der Waals surface area (Å²) in [5, 5.41) is 12.3. The number of hydrogen-bond acceptors (Lipinski definition) is 18. The third-order valence-electron chi connectivity index (χ3n) is 14.0. The van der Waals surface area contributed by atoms with Crippen molar-refractivity contribution in [3.05, 3.63) is 57.9 Å². The number of rotatable bonds is 11. The number of thiazole rings is 2. The highest BCUT2D eigenvalue weighted by molar-refractivity contribution is 7.22. The van der Waals surface area contributed by atoms with Crippen molar-refractivity contribution in [2.24, 2.45) is 0 Å². The molecule has 2 aromatic carbocycles. The zero-order chi connectivity index (χ0) is 49.3. The number of nitrogens with one attached hydrogen (secondary N) is 4. The maximum atomic E-state index is 13.4. The van der Waals surface area contributed by atoms with Crippen LogP contribution >= 0.6 is 22.7 Å². The van der Waals surface area contributed by atoms with Crippen LogP contribution in [0.3, 0.4) is 0 Å². The molecule has 4 saturated heterocycles. The molecule has 18 nitrogen and oxygen atoms in total. The van der Waals surface area contributed by atoms with Gasteiger partial charge in [0, 0.05) is 57.9 Å². The van der Waals surface area contributed by atoms with E-state index in [1.807, 2.05) is 26.8 Å². The molecule has 72 heavy (non-hydrogen) atoms. The van der Waals surface area contributed by atoms with Gasteiger partial charge in [-0.15, -0.1) is 22.7 Å². The number of piperidine rings is 2. The summed E-state index contributed by atoms with van der Waals surface area (Å²) in [7, 11) is 1.65. The van der Waals surface area contributed by atoms with Crippen LogP contribution in [-0.2, 0) is 14.2 Å². The molecule has 4 aliphatic heterocycles. The highest BCUT2D eigenvalue weighted by atomic mass is 32.1. The van der Waals surface area contributed by atoms with Crippen molar-refractivity contribution in [3.63, 3.8) is 0 Å². The minimum Gasteiger partial charge on any atom is -0.480 e. The number of hydrogen-bond donors (Lipinski definition) is 4. The SMILES string of the molecule is COc1nc(N2CCOCC2)nc(N[C@@H]2CCCN(C(=O)OC(C)(C)C)C2)c1-c1nc2cccc(C3CC3)c2s1.O=c1[nH]c(N2CCOCC2)nc(N[C@@H]2CCCNC2)c1-c1nc2cccc(C3CC3)c2s1. The van der Waals surface area contributed by atoms with E-state index in [-0.39, 0.29) is 23.7 Å². The van der Waals surface area contributed by atoms with Crippen molar-refractivity contribution in [2.45, 2.75) is 102 Å². The molecule has 1 amide bonds. The molecule has 4 N–H and O–H groups in total. The molecule has 20 heteroatoms. The largest absolute Gasteiger partial charge is 0.480 e. The second kappa shape index (κ2) is 21.0. The van der Waals surface area contributed by atoms with Crippen LogP contribution < -0.4 is 36.0 Å². The molecule has 6 fully saturated rings. The van der Waals surface area contributed by atoms with E-state index in [2.05, 4.69) is 61.1 Å². The van der Waals surface area contributed by atoms with E-state index < -0.39 is 5.60 Å². The van der Waals surface area contributed by atoms with Crippen molar-refractivity contribution in [2.75, 3.05) is 106 Å². The summed E-state index contributed by atoms with van der Waals surface area (Å²) in [5.41, 5.74) is 5.34. The minimum atomic E-state index is -0.538. The fraction of sp³-hybridized carbons (Fsp3) is 0.558. The predicted molar refractivity (Wildman–Crippen MR) is 285 cm³/mol. The Bertz CT molecular complexity index is 2950. The summed E-state index contributed by atoms with van der Waals surface area (Å²) in [4.78, 5) is 60.0. The van der Waals surface area contributed by atoms with Gasteiger partial charge < -0.3 is 49.6 Å². The Kier molecular flexibility index (Phi) is 14.2. The van der Waals surface area contributed by atoms with E-state index in [1.54, 1.807) is 34.7 Å². The van der Waals surface area contributed by atoms with Crippen molar-refractivity contribution in [3.8, 4) is 27.0 Å². The molecule has 0 spiro atoms. The molecule has 2 aliphatic carbocycles. The highest BCUT2D eigenvalue weighted by Gasteiger charge is 2.33. The summed E-state index contributed by atoms with van der Waals surface area (Å²) < 4.78 is 25.0. The zero-order valence-corrected chi connectivity index (χ0v) is 43.4. The molecular weight excluding hydrogens is 953 g/mol. The van der Waals surface area contributed by atoms with Crippen molar-refractivity contribution >= 4 is 72.7 Å². The number of nitrogens with zero attached hydrogens (tertiary/aromatic N) is 8. The number of H-pyrrole nitrogens is 1. The van der Waals surface area contributed by atoms with Crippen LogP contribution in [0, 0.1) is 0 Å². The third-order valence-corrected chi connectivity index (χ3v) is 16.2. The molecule has 0 unspecified atom stereocenters. The number of aromatic nitrogens is 6. The van der Waals surface area contributed by atoms with E-state index in [9.17, 15) is 9.59 Å². The average Bonchev–Trinajstić information content (AvgIpc) is 4.33.